The monoisotopic (exact) mass is 206 g/mol. The lowest BCUT2D eigenvalue weighted by atomic mass is 10.1. The van der Waals surface area contributed by atoms with Gasteiger partial charge in [-0.1, -0.05) is 13.8 Å². The van der Waals surface area contributed by atoms with Gasteiger partial charge in [-0.3, -0.25) is 0 Å². The van der Waals surface area contributed by atoms with Crippen LogP contribution < -0.4 is 0 Å². The van der Waals surface area contributed by atoms with Gasteiger partial charge in [-0.05, 0) is 41.5 Å². The molecule has 2 aromatic heterocycles. The van der Waals surface area contributed by atoms with E-state index in [-0.39, 0.29) is 0 Å². The molecule has 0 spiro atoms. The summed E-state index contributed by atoms with van der Waals surface area (Å²) in [6, 6.07) is 4.30. The molecule has 0 bridgehead atoms. The largest absolute Gasteiger partial charge is 0.463 e. The van der Waals surface area contributed by atoms with Gasteiger partial charge in [0, 0.05) is 0 Å². The molecule has 0 aliphatic rings. The third kappa shape index (κ3) is 1.75. The molecule has 0 atom stereocenters. The average molecular weight is 206 g/mol. The molecule has 0 N–H and O–H groups in total. The fourth-order valence-corrected chi connectivity index (χ4v) is 2.20. The van der Waals surface area contributed by atoms with Crippen molar-refractivity contribution < 1.29 is 4.42 Å². The summed E-state index contributed by atoms with van der Waals surface area (Å²) in [5.41, 5.74) is 2.57. The minimum atomic E-state index is 0.536. The standard InChI is InChI=1S/C12H14OS/c1-8(2)10-5-11(13-6-10)12-4-9(3)7-14-12/h4-8H,1-3H3. The Hall–Kier alpha value is -1.02. The summed E-state index contributed by atoms with van der Waals surface area (Å²) in [6.45, 7) is 6.45. The van der Waals surface area contributed by atoms with Crippen molar-refractivity contribution in [2.24, 2.45) is 0 Å². The maximum atomic E-state index is 5.54. The molecule has 2 rings (SSSR count). The van der Waals surface area contributed by atoms with E-state index in [1.165, 1.54) is 16.0 Å². The molecule has 1 nitrogen and oxygen atoms in total. The lowest BCUT2D eigenvalue weighted by molar-refractivity contribution is 0.577. The zero-order chi connectivity index (χ0) is 10.1. The number of rotatable bonds is 2. The van der Waals surface area contributed by atoms with Gasteiger partial charge in [0.25, 0.3) is 0 Å². The number of aryl methyl sites for hydroxylation is 1. The van der Waals surface area contributed by atoms with Gasteiger partial charge in [-0.15, -0.1) is 11.3 Å². The predicted molar refractivity (Wildman–Crippen MR) is 60.8 cm³/mol. The molecule has 74 valence electrons. The second kappa shape index (κ2) is 3.62. The molecule has 2 heteroatoms. The maximum Gasteiger partial charge on any atom is 0.144 e. The molecule has 0 radical (unpaired) electrons. The minimum Gasteiger partial charge on any atom is -0.463 e. The van der Waals surface area contributed by atoms with Crippen molar-refractivity contribution >= 4 is 11.3 Å². The Morgan fingerprint density at radius 1 is 1.29 bits per heavy atom. The Kier molecular flexibility index (Phi) is 2.46. The highest BCUT2D eigenvalue weighted by atomic mass is 32.1. The van der Waals surface area contributed by atoms with Crippen LogP contribution in [-0.2, 0) is 0 Å². The van der Waals surface area contributed by atoms with Crippen molar-refractivity contribution in [1.82, 2.24) is 0 Å². The van der Waals surface area contributed by atoms with Crippen LogP contribution in [0.2, 0.25) is 0 Å². The van der Waals surface area contributed by atoms with Crippen LogP contribution in [-0.4, -0.2) is 0 Å². The van der Waals surface area contributed by atoms with Crippen molar-refractivity contribution in [3.8, 4) is 10.6 Å². The van der Waals surface area contributed by atoms with Crippen molar-refractivity contribution in [2.45, 2.75) is 26.7 Å². The fraction of sp³-hybridized carbons (Fsp3) is 0.333. The van der Waals surface area contributed by atoms with E-state index >= 15 is 0 Å². The van der Waals surface area contributed by atoms with Gasteiger partial charge in [-0.25, -0.2) is 0 Å². The quantitative estimate of drug-likeness (QED) is 0.708. The van der Waals surface area contributed by atoms with E-state index in [1.807, 2.05) is 6.26 Å². The summed E-state index contributed by atoms with van der Waals surface area (Å²) in [7, 11) is 0. The van der Waals surface area contributed by atoms with Gasteiger partial charge in [0.15, 0.2) is 0 Å². The fourth-order valence-electron chi connectivity index (χ4n) is 1.34. The predicted octanol–water partition coefficient (Wildman–Crippen LogP) is 4.44. The van der Waals surface area contributed by atoms with Gasteiger partial charge in [0.1, 0.15) is 5.76 Å². The Labute approximate surface area is 88.4 Å². The maximum absolute atomic E-state index is 5.54. The first kappa shape index (κ1) is 9.53. The van der Waals surface area contributed by atoms with Crippen molar-refractivity contribution in [2.75, 3.05) is 0 Å². The molecule has 0 saturated carbocycles. The molecule has 0 unspecified atom stereocenters. The highest BCUT2D eigenvalue weighted by Gasteiger charge is 2.08. The molecular formula is C12H14OS. The van der Waals surface area contributed by atoms with E-state index in [9.17, 15) is 0 Å². The third-order valence-corrected chi connectivity index (χ3v) is 3.32. The van der Waals surface area contributed by atoms with Crippen molar-refractivity contribution in [1.29, 1.82) is 0 Å². The number of hydrogen-bond donors (Lipinski definition) is 0. The molecule has 0 amide bonds. The molecule has 0 aliphatic carbocycles. The average Bonchev–Trinajstić information content (AvgIpc) is 2.70. The number of thiophene rings is 1. The zero-order valence-corrected chi connectivity index (χ0v) is 9.52. The Morgan fingerprint density at radius 2 is 2.07 bits per heavy atom. The van der Waals surface area contributed by atoms with Crippen LogP contribution in [0.1, 0.15) is 30.9 Å². The van der Waals surface area contributed by atoms with Crippen molar-refractivity contribution in [3.05, 3.63) is 34.9 Å². The van der Waals surface area contributed by atoms with Crippen LogP contribution >= 0.6 is 11.3 Å². The normalized spacial score (nSPS) is 11.1. The topological polar surface area (TPSA) is 13.1 Å². The van der Waals surface area contributed by atoms with E-state index in [4.69, 9.17) is 4.42 Å². The highest BCUT2D eigenvalue weighted by Crippen LogP contribution is 2.30. The van der Waals surface area contributed by atoms with Crippen LogP contribution in [0.4, 0.5) is 0 Å². The highest BCUT2D eigenvalue weighted by molar-refractivity contribution is 7.13. The summed E-state index contributed by atoms with van der Waals surface area (Å²) < 4.78 is 5.54. The zero-order valence-electron chi connectivity index (χ0n) is 8.70. The first-order valence-electron chi connectivity index (χ1n) is 4.81. The molecule has 0 saturated heterocycles. The number of furan rings is 1. The summed E-state index contributed by atoms with van der Waals surface area (Å²) in [5.74, 6) is 1.53. The summed E-state index contributed by atoms with van der Waals surface area (Å²) >= 11 is 1.73. The van der Waals surface area contributed by atoms with Crippen molar-refractivity contribution in [3.63, 3.8) is 0 Å². The van der Waals surface area contributed by atoms with Gasteiger partial charge in [-0.2, -0.15) is 0 Å². The van der Waals surface area contributed by atoms with Gasteiger partial charge < -0.3 is 4.42 Å². The molecule has 2 heterocycles. The van der Waals surface area contributed by atoms with E-state index in [0.717, 1.165) is 5.76 Å². The Morgan fingerprint density at radius 3 is 2.57 bits per heavy atom. The molecule has 0 aliphatic heterocycles. The summed E-state index contributed by atoms with van der Waals surface area (Å²) in [6.07, 6.45) is 1.86. The minimum absolute atomic E-state index is 0.536. The molecule has 14 heavy (non-hydrogen) atoms. The van der Waals surface area contributed by atoms with Crippen LogP contribution in [0.25, 0.3) is 10.6 Å². The molecule has 0 fully saturated rings. The summed E-state index contributed by atoms with van der Waals surface area (Å²) in [5, 5.41) is 2.15. The Bertz CT molecular complexity index is 423. The van der Waals surface area contributed by atoms with Gasteiger partial charge in [0.05, 0.1) is 11.1 Å². The second-order valence-electron chi connectivity index (χ2n) is 3.89. The van der Waals surface area contributed by atoms with Crippen LogP contribution in [0.15, 0.2) is 28.2 Å². The summed E-state index contributed by atoms with van der Waals surface area (Å²) in [4.78, 5) is 1.22. The molecule has 2 aromatic rings. The lowest BCUT2D eigenvalue weighted by Crippen LogP contribution is -1.80. The Balaban J connectivity index is 2.33. The van der Waals surface area contributed by atoms with E-state index in [1.54, 1.807) is 11.3 Å². The third-order valence-electron chi connectivity index (χ3n) is 2.26. The lowest BCUT2D eigenvalue weighted by Gasteiger charge is -1.95. The van der Waals surface area contributed by atoms with Gasteiger partial charge >= 0.3 is 0 Å². The second-order valence-corrected chi connectivity index (χ2v) is 4.80. The SMILES string of the molecule is Cc1csc(-c2cc(C(C)C)co2)c1. The smallest absolute Gasteiger partial charge is 0.144 e. The van der Waals surface area contributed by atoms with Crippen LogP contribution in [0, 0.1) is 6.92 Å². The van der Waals surface area contributed by atoms with Gasteiger partial charge in [0.2, 0.25) is 0 Å². The van der Waals surface area contributed by atoms with E-state index in [2.05, 4.69) is 38.3 Å². The molecule has 0 aromatic carbocycles. The number of hydrogen-bond acceptors (Lipinski definition) is 2. The van der Waals surface area contributed by atoms with E-state index < -0.39 is 0 Å². The first-order chi connectivity index (χ1) is 6.66. The van der Waals surface area contributed by atoms with Crippen LogP contribution in [0.5, 0.6) is 0 Å². The van der Waals surface area contributed by atoms with Crippen LogP contribution in [0.3, 0.4) is 0 Å². The van der Waals surface area contributed by atoms with E-state index in [0.29, 0.717) is 5.92 Å². The first-order valence-corrected chi connectivity index (χ1v) is 5.68. The molecular weight excluding hydrogens is 192 g/mol.